The Morgan fingerprint density at radius 3 is 2.62 bits per heavy atom. The fourth-order valence-electron chi connectivity index (χ4n) is 3.22. The molecule has 0 bridgehead atoms. The maximum atomic E-state index is 12.8. The third-order valence-corrected chi connectivity index (χ3v) is 4.73. The molecule has 2 heterocycles. The van der Waals surface area contributed by atoms with Crippen molar-refractivity contribution in [2.24, 2.45) is 5.73 Å². The van der Waals surface area contributed by atoms with E-state index in [4.69, 9.17) is 5.73 Å². The molecule has 3 atom stereocenters. The first kappa shape index (κ1) is 19.7. The van der Waals surface area contributed by atoms with E-state index in [0.717, 1.165) is 4.90 Å². The molecule has 0 unspecified atom stereocenters. The van der Waals surface area contributed by atoms with Gasteiger partial charge < -0.3 is 21.3 Å². The van der Waals surface area contributed by atoms with Gasteiger partial charge in [0.25, 0.3) is 0 Å². The molecule has 0 saturated carbocycles. The zero-order valence-corrected chi connectivity index (χ0v) is 15.0. The Kier molecular flexibility index (Phi) is 6.17. The topological polar surface area (TPSA) is 142 Å². The predicted molar refractivity (Wildman–Crippen MR) is 90.5 cm³/mol. The first-order valence-electron chi connectivity index (χ1n) is 8.73. The van der Waals surface area contributed by atoms with E-state index < -0.39 is 41.9 Å². The van der Waals surface area contributed by atoms with Crippen molar-refractivity contribution in [3.63, 3.8) is 0 Å². The summed E-state index contributed by atoms with van der Waals surface area (Å²) < 4.78 is 0. The van der Waals surface area contributed by atoms with Crippen LogP contribution in [0, 0.1) is 0 Å². The minimum atomic E-state index is -1.02. The summed E-state index contributed by atoms with van der Waals surface area (Å²) in [6, 6.07) is -3.18. The molecule has 144 valence electrons. The van der Waals surface area contributed by atoms with Gasteiger partial charge in [-0.3, -0.25) is 24.1 Å². The van der Waals surface area contributed by atoms with Crippen LogP contribution in [0.5, 0.6) is 0 Å². The van der Waals surface area contributed by atoms with Crippen LogP contribution in [0.25, 0.3) is 0 Å². The van der Waals surface area contributed by atoms with Gasteiger partial charge >= 0.3 is 6.03 Å². The first-order chi connectivity index (χ1) is 12.3. The van der Waals surface area contributed by atoms with E-state index in [2.05, 4.69) is 10.6 Å². The largest absolute Gasteiger partial charge is 0.368 e. The minimum Gasteiger partial charge on any atom is -0.368 e. The van der Waals surface area contributed by atoms with Crippen molar-refractivity contribution in [2.75, 3.05) is 13.6 Å². The molecule has 6 amide bonds. The lowest BCUT2D eigenvalue weighted by Gasteiger charge is -2.31. The van der Waals surface area contributed by atoms with Crippen molar-refractivity contribution in [3.8, 4) is 0 Å². The van der Waals surface area contributed by atoms with Crippen molar-refractivity contribution in [1.82, 2.24) is 20.4 Å². The fourth-order valence-corrected chi connectivity index (χ4v) is 3.22. The lowest BCUT2D eigenvalue weighted by molar-refractivity contribution is -0.141. The summed E-state index contributed by atoms with van der Waals surface area (Å²) in [7, 11) is 1.33. The molecule has 2 saturated heterocycles. The molecule has 10 nitrogen and oxygen atoms in total. The van der Waals surface area contributed by atoms with Crippen LogP contribution >= 0.6 is 0 Å². The Labute approximate surface area is 151 Å². The average Bonchev–Trinajstić information content (AvgIpc) is 3.08. The zero-order chi connectivity index (χ0) is 19.4. The van der Waals surface area contributed by atoms with E-state index in [1.165, 1.54) is 11.9 Å². The summed E-state index contributed by atoms with van der Waals surface area (Å²) in [6.07, 6.45) is 2.01. The molecule has 0 radical (unpaired) electrons. The Balaban J connectivity index is 2.06. The second-order valence-electron chi connectivity index (χ2n) is 6.60. The number of rotatable bonds is 6. The van der Waals surface area contributed by atoms with Gasteiger partial charge in [-0.05, 0) is 19.3 Å². The van der Waals surface area contributed by atoms with E-state index in [9.17, 15) is 24.0 Å². The molecule has 2 aliphatic rings. The van der Waals surface area contributed by atoms with Crippen molar-refractivity contribution in [2.45, 2.75) is 57.2 Å². The molecular formula is C16H25N5O5. The third-order valence-electron chi connectivity index (χ3n) is 4.73. The van der Waals surface area contributed by atoms with Gasteiger partial charge in [0, 0.05) is 13.6 Å². The second kappa shape index (κ2) is 8.15. The molecular weight excluding hydrogens is 342 g/mol. The van der Waals surface area contributed by atoms with Crippen molar-refractivity contribution in [3.05, 3.63) is 0 Å². The number of carbonyl (C=O) groups is 5. The van der Waals surface area contributed by atoms with E-state index in [0.29, 0.717) is 32.2 Å². The summed E-state index contributed by atoms with van der Waals surface area (Å²) in [4.78, 5) is 62.5. The van der Waals surface area contributed by atoms with Gasteiger partial charge in [-0.1, -0.05) is 13.3 Å². The number of urea groups is 1. The normalized spacial score (nSPS) is 24.2. The number of hydrogen-bond donors (Lipinski definition) is 3. The number of primary amides is 1. The van der Waals surface area contributed by atoms with Crippen molar-refractivity contribution >= 4 is 29.7 Å². The standard InChI is InChI=1S/C16H25N5O5/c1-3-5-9(15(25)21-7-4-6-11(21)13(17)23)18-14(24)10-8-12(22)20(2)16(26)19-10/h9-11H,3-8H2,1-2H3,(H2,17,23)(H,18,24)(H,19,26)/t9-,10-,11+/m0/s1. The summed E-state index contributed by atoms with van der Waals surface area (Å²) in [5.74, 6) is -2.00. The lowest BCUT2D eigenvalue weighted by Crippen LogP contribution is -2.60. The minimum absolute atomic E-state index is 0.172. The number of nitrogens with two attached hydrogens (primary N) is 1. The number of imide groups is 1. The molecule has 0 aromatic carbocycles. The maximum absolute atomic E-state index is 12.8. The fraction of sp³-hybridized carbons (Fsp3) is 0.688. The van der Waals surface area contributed by atoms with E-state index >= 15 is 0 Å². The summed E-state index contributed by atoms with van der Waals surface area (Å²) in [6.45, 7) is 2.27. The number of carbonyl (C=O) groups excluding carboxylic acids is 5. The molecule has 0 aliphatic carbocycles. The number of amides is 6. The van der Waals surface area contributed by atoms with Gasteiger partial charge in [-0.15, -0.1) is 0 Å². The number of likely N-dealkylation sites (tertiary alicyclic amines) is 1. The summed E-state index contributed by atoms with van der Waals surface area (Å²) >= 11 is 0. The van der Waals surface area contributed by atoms with E-state index in [-0.39, 0.29) is 12.3 Å². The molecule has 10 heteroatoms. The van der Waals surface area contributed by atoms with Gasteiger partial charge in [0.05, 0.1) is 6.42 Å². The molecule has 26 heavy (non-hydrogen) atoms. The van der Waals surface area contributed by atoms with Gasteiger partial charge in [-0.2, -0.15) is 0 Å². The molecule has 0 spiro atoms. The Morgan fingerprint density at radius 2 is 2.04 bits per heavy atom. The molecule has 2 aliphatic heterocycles. The van der Waals surface area contributed by atoms with Gasteiger partial charge in [0.15, 0.2) is 0 Å². The quantitative estimate of drug-likeness (QED) is 0.534. The summed E-state index contributed by atoms with van der Waals surface area (Å²) in [5, 5.41) is 5.05. The smallest absolute Gasteiger partial charge is 0.324 e. The molecule has 0 aromatic rings. The van der Waals surface area contributed by atoms with Crippen molar-refractivity contribution < 1.29 is 24.0 Å². The Hall–Kier alpha value is -2.65. The number of nitrogens with one attached hydrogen (secondary N) is 2. The van der Waals surface area contributed by atoms with Crippen LogP contribution < -0.4 is 16.4 Å². The lowest BCUT2D eigenvalue weighted by atomic mass is 10.1. The second-order valence-corrected chi connectivity index (χ2v) is 6.60. The molecule has 2 rings (SSSR count). The Morgan fingerprint density at radius 1 is 1.35 bits per heavy atom. The van der Waals surface area contributed by atoms with Gasteiger partial charge in [-0.25, -0.2) is 4.79 Å². The van der Waals surface area contributed by atoms with Crippen LogP contribution in [0.3, 0.4) is 0 Å². The van der Waals surface area contributed by atoms with Gasteiger partial charge in [0.1, 0.15) is 18.1 Å². The van der Waals surface area contributed by atoms with Crippen LogP contribution in [-0.4, -0.2) is 71.2 Å². The maximum Gasteiger partial charge on any atom is 0.324 e. The molecule has 0 aromatic heterocycles. The van der Waals surface area contributed by atoms with Crippen LogP contribution in [0.15, 0.2) is 0 Å². The third kappa shape index (κ3) is 4.12. The van der Waals surface area contributed by atoms with Crippen LogP contribution in [-0.2, 0) is 19.2 Å². The Bertz CT molecular complexity index is 604. The first-order valence-corrected chi connectivity index (χ1v) is 8.73. The van der Waals surface area contributed by atoms with Crippen LogP contribution in [0.2, 0.25) is 0 Å². The number of hydrogen-bond acceptors (Lipinski definition) is 5. The highest BCUT2D eigenvalue weighted by Gasteiger charge is 2.38. The van der Waals surface area contributed by atoms with Crippen molar-refractivity contribution in [1.29, 1.82) is 0 Å². The zero-order valence-electron chi connectivity index (χ0n) is 15.0. The monoisotopic (exact) mass is 367 g/mol. The molecule has 2 fully saturated rings. The molecule has 4 N–H and O–H groups in total. The van der Waals surface area contributed by atoms with Gasteiger partial charge in [0.2, 0.25) is 23.6 Å². The van der Waals surface area contributed by atoms with E-state index in [1.807, 2.05) is 6.92 Å². The highest BCUT2D eigenvalue weighted by Crippen LogP contribution is 2.19. The van der Waals surface area contributed by atoms with Crippen LogP contribution in [0.4, 0.5) is 4.79 Å². The SMILES string of the molecule is CCC[C@H](NC(=O)[C@@H]1CC(=O)N(C)C(=O)N1)C(=O)N1CCC[C@@H]1C(N)=O. The average molecular weight is 367 g/mol. The summed E-state index contributed by atoms with van der Waals surface area (Å²) in [5.41, 5.74) is 5.35. The van der Waals surface area contributed by atoms with Crippen LogP contribution in [0.1, 0.15) is 39.0 Å². The highest BCUT2D eigenvalue weighted by molar-refractivity contribution is 6.03. The van der Waals surface area contributed by atoms with E-state index in [1.54, 1.807) is 0 Å². The highest BCUT2D eigenvalue weighted by atomic mass is 16.2. The predicted octanol–water partition coefficient (Wildman–Crippen LogP) is -1.31. The number of nitrogens with zero attached hydrogens (tertiary/aromatic N) is 2.